The molecule has 1 saturated heterocycles. The number of anilines is 2. The summed E-state index contributed by atoms with van der Waals surface area (Å²) in [6.07, 6.45) is 1.80. The molecule has 5 rings (SSSR count). The molecular weight excluding hydrogens is 394 g/mol. The third-order valence-electron chi connectivity index (χ3n) is 5.97. The Hall–Kier alpha value is -3.48. The van der Waals surface area contributed by atoms with E-state index in [0.29, 0.717) is 37.4 Å². The molecule has 1 N–H and O–H groups in total. The monoisotopic (exact) mass is 419 g/mol. The van der Waals surface area contributed by atoms with Crippen LogP contribution in [0.5, 0.6) is 5.75 Å². The van der Waals surface area contributed by atoms with Crippen molar-refractivity contribution < 1.29 is 18.7 Å². The molecule has 0 spiro atoms. The van der Waals surface area contributed by atoms with Crippen LogP contribution >= 0.6 is 0 Å². The maximum atomic E-state index is 13.3. The molecule has 2 heterocycles. The van der Waals surface area contributed by atoms with Crippen LogP contribution in [-0.2, 0) is 4.79 Å². The molecule has 0 unspecified atom stereocenters. The van der Waals surface area contributed by atoms with Gasteiger partial charge < -0.3 is 24.3 Å². The lowest BCUT2D eigenvalue weighted by Gasteiger charge is -2.36. The average Bonchev–Trinajstić information content (AvgIpc) is 3.61. The van der Waals surface area contributed by atoms with E-state index in [-0.39, 0.29) is 23.5 Å². The lowest BCUT2D eigenvalue weighted by Crippen LogP contribution is -2.48. The fourth-order valence-electron chi connectivity index (χ4n) is 4.01. The van der Waals surface area contributed by atoms with Crippen molar-refractivity contribution in [2.45, 2.75) is 12.8 Å². The van der Waals surface area contributed by atoms with Crippen molar-refractivity contribution in [3.63, 3.8) is 0 Å². The van der Waals surface area contributed by atoms with Crippen molar-refractivity contribution in [2.24, 2.45) is 5.92 Å². The second-order valence-electron chi connectivity index (χ2n) is 8.05. The first kappa shape index (κ1) is 19.5. The molecule has 160 valence electrons. The Balaban J connectivity index is 1.35. The van der Waals surface area contributed by atoms with Crippen molar-refractivity contribution in [3.8, 4) is 5.75 Å². The number of para-hydroxylation sites is 1. The molecule has 2 amide bonds. The molecule has 2 fully saturated rings. The maximum Gasteiger partial charge on any atom is 0.291 e. The Kier molecular flexibility index (Phi) is 5.02. The largest absolute Gasteiger partial charge is 0.497 e. The van der Waals surface area contributed by atoms with Crippen LogP contribution in [0.2, 0.25) is 0 Å². The number of amides is 2. The summed E-state index contributed by atoms with van der Waals surface area (Å²) in [6.45, 7) is 2.57. The zero-order chi connectivity index (χ0) is 21.4. The number of fused-ring (bicyclic) bond motifs is 1. The molecule has 2 aromatic carbocycles. The van der Waals surface area contributed by atoms with Gasteiger partial charge >= 0.3 is 0 Å². The molecule has 3 aromatic rings. The van der Waals surface area contributed by atoms with E-state index in [4.69, 9.17) is 9.15 Å². The van der Waals surface area contributed by atoms with E-state index < -0.39 is 0 Å². The lowest BCUT2D eigenvalue weighted by molar-refractivity contribution is -0.117. The Bertz CT molecular complexity index is 1130. The summed E-state index contributed by atoms with van der Waals surface area (Å²) in [4.78, 5) is 29.8. The normalized spacial score (nSPS) is 16.4. The van der Waals surface area contributed by atoms with Crippen molar-refractivity contribution in [1.29, 1.82) is 0 Å². The number of carbonyl (C=O) groups excluding carboxylic acids is 2. The number of benzene rings is 2. The molecule has 0 bridgehead atoms. The van der Waals surface area contributed by atoms with Gasteiger partial charge in [0.15, 0.2) is 0 Å². The molecule has 0 radical (unpaired) electrons. The van der Waals surface area contributed by atoms with Crippen LogP contribution in [0, 0.1) is 5.92 Å². The molecule has 1 aliphatic carbocycles. The fraction of sp³-hybridized carbons (Fsp3) is 0.333. The highest BCUT2D eigenvalue weighted by molar-refractivity contribution is 6.11. The highest BCUT2D eigenvalue weighted by Gasteiger charge is 2.33. The van der Waals surface area contributed by atoms with Gasteiger partial charge in [0.05, 0.1) is 7.11 Å². The highest BCUT2D eigenvalue weighted by atomic mass is 16.5. The zero-order valence-corrected chi connectivity index (χ0v) is 17.5. The van der Waals surface area contributed by atoms with Crippen LogP contribution in [-0.4, -0.2) is 50.0 Å². The topological polar surface area (TPSA) is 75.0 Å². The average molecular weight is 419 g/mol. The van der Waals surface area contributed by atoms with Gasteiger partial charge in [0.1, 0.15) is 17.0 Å². The van der Waals surface area contributed by atoms with E-state index >= 15 is 0 Å². The molecule has 0 atom stereocenters. The van der Waals surface area contributed by atoms with E-state index in [9.17, 15) is 9.59 Å². The molecule has 7 nitrogen and oxygen atoms in total. The van der Waals surface area contributed by atoms with Gasteiger partial charge in [-0.05, 0) is 37.1 Å². The quantitative estimate of drug-likeness (QED) is 0.682. The van der Waals surface area contributed by atoms with E-state index in [1.807, 2.05) is 48.5 Å². The minimum absolute atomic E-state index is 0.0385. The van der Waals surface area contributed by atoms with Crippen LogP contribution in [0.4, 0.5) is 11.4 Å². The summed E-state index contributed by atoms with van der Waals surface area (Å²) in [5, 5.41) is 3.72. The van der Waals surface area contributed by atoms with Crippen LogP contribution in [0.25, 0.3) is 11.0 Å². The number of hydrogen-bond donors (Lipinski definition) is 1. The van der Waals surface area contributed by atoms with Crippen LogP contribution in [0.1, 0.15) is 23.4 Å². The fourth-order valence-corrected chi connectivity index (χ4v) is 4.01. The Morgan fingerprint density at radius 2 is 1.81 bits per heavy atom. The zero-order valence-electron chi connectivity index (χ0n) is 17.5. The van der Waals surface area contributed by atoms with Gasteiger partial charge in [-0.2, -0.15) is 0 Å². The number of carbonyl (C=O) groups is 2. The van der Waals surface area contributed by atoms with Crippen molar-refractivity contribution in [3.05, 3.63) is 54.3 Å². The molecule has 1 saturated carbocycles. The Morgan fingerprint density at radius 1 is 1.03 bits per heavy atom. The number of nitrogens with zero attached hydrogens (tertiary/aromatic N) is 2. The summed E-state index contributed by atoms with van der Waals surface area (Å²) < 4.78 is 11.2. The molecule has 1 aliphatic heterocycles. The van der Waals surface area contributed by atoms with E-state index in [2.05, 4.69) is 10.2 Å². The first-order valence-corrected chi connectivity index (χ1v) is 10.6. The van der Waals surface area contributed by atoms with Crippen LogP contribution in [0.3, 0.4) is 0 Å². The minimum atomic E-state index is -0.187. The number of piperazine rings is 1. The number of methoxy groups -OCH3 is 1. The van der Waals surface area contributed by atoms with Gasteiger partial charge in [-0.3, -0.25) is 9.59 Å². The third-order valence-corrected chi connectivity index (χ3v) is 5.97. The highest BCUT2D eigenvalue weighted by Crippen LogP contribution is 2.35. The number of rotatable bonds is 5. The molecular formula is C24H25N3O4. The summed E-state index contributed by atoms with van der Waals surface area (Å²) in [6, 6.07) is 15.4. The van der Waals surface area contributed by atoms with Gasteiger partial charge in [0.25, 0.3) is 5.91 Å². The number of hydrogen-bond acceptors (Lipinski definition) is 5. The third kappa shape index (κ3) is 3.83. The Labute approximate surface area is 180 Å². The van der Waals surface area contributed by atoms with Gasteiger partial charge in [-0.25, -0.2) is 0 Å². The number of furan rings is 1. The number of ether oxygens (including phenoxy) is 1. The van der Waals surface area contributed by atoms with Gasteiger partial charge in [-0.1, -0.05) is 18.2 Å². The molecule has 2 aliphatic rings. The standard InChI is InChI=1S/C24H25N3O4/c1-30-18-6-4-5-17(15-18)26-11-13-27(14-12-26)24(29)22-21(25-23(28)16-9-10-16)19-7-2-3-8-20(19)31-22/h2-8,15-16H,9-14H2,1H3,(H,25,28). The van der Waals surface area contributed by atoms with Gasteiger partial charge in [-0.15, -0.1) is 0 Å². The Morgan fingerprint density at radius 3 is 2.55 bits per heavy atom. The second kappa shape index (κ2) is 7.98. The maximum absolute atomic E-state index is 13.3. The smallest absolute Gasteiger partial charge is 0.291 e. The van der Waals surface area contributed by atoms with Crippen molar-refractivity contribution in [2.75, 3.05) is 43.5 Å². The van der Waals surface area contributed by atoms with E-state index in [1.54, 1.807) is 12.0 Å². The van der Waals surface area contributed by atoms with Gasteiger partial charge in [0, 0.05) is 49.2 Å². The summed E-state index contributed by atoms with van der Waals surface area (Å²) >= 11 is 0. The SMILES string of the molecule is COc1cccc(N2CCN(C(=O)c3oc4ccccc4c3NC(=O)C3CC3)CC2)c1. The summed E-state index contributed by atoms with van der Waals surface area (Å²) in [7, 11) is 1.66. The van der Waals surface area contributed by atoms with Crippen LogP contribution < -0.4 is 15.0 Å². The predicted octanol–water partition coefficient (Wildman–Crippen LogP) is 3.75. The molecule has 1 aromatic heterocycles. The van der Waals surface area contributed by atoms with E-state index in [1.165, 1.54) is 0 Å². The summed E-state index contributed by atoms with van der Waals surface area (Å²) in [5.74, 6) is 0.846. The minimum Gasteiger partial charge on any atom is -0.497 e. The van der Waals surface area contributed by atoms with Crippen molar-refractivity contribution >= 4 is 34.2 Å². The van der Waals surface area contributed by atoms with E-state index in [0.717, 1.165) is 29.7 Å². The van der Waals surface area contributed by atoms with Crippen molar-refractivity contribution in [1.82, 2.24) is 4.90 Å². The number of nitrogens with one attached hydrogen (secondary N) is 1. The first-order chi connectivity index (χ1) is 15.1. The van der Waals surface area contributed by atoms with Crippen LogP contribution in [0.15, 0.2) is 52.9 Å². The summed E-state index contributed by atoms with van der Waals surface area (Å²) in [5.41, 5.74) is 2.17. The molecule has 7 heteroatoms. The van der Waals surface area contributed by atoms with Gasteiger partial charge in [0.2, 0.25) is 11.7 Å². The predicted molar refractivity (Wildman–Crippen MR) is 119 cm³/mol. The first-order valence-electron chi connectivity index (χ1n) is 10.6. The lowest BCUT2D eigenvalue weighted by atomic mass is 10.2. The molecule has 31 heavy (non-hydrogen) atoms. The second-order valence-corrected chi connectivity index (χ2v) is 8.05.